The van der Waals surface area contributed by atoms with E-state index in [4.69, 9.17) is 5.73 Å². The van der Waals surface area contributed by atoms with Crippen molar-refractivity contribution in [2.75, 3.05) is 18.4 Å². The maximum atomic E-state index is 13.5. The van der Waals surface area contributed by atoms with Crippen molar-refractivity contribution in [3.8, 4) is 0 Å². The first-order valence-electron chi connectivity index (χ1n) is 11.0. The Morgan fingerprint density at radius 3 is 2.50 bits per heavy atom. The third kappa shape index (κ3) is 6.50. The molecule has 0 spiro atoms. The van der Waals surface area contributed by atoms with Gasteiger partial charge in [0.1, 0.15) is 11.6 Å². The lowest BCUT2D eigenvalue weighted by atomic mass is 9.86. The third-order valence-electron chi connectivity index (χ3n) is 5.76. The van der Waals surface area contributed by atoms with Crippen LogP contribution in [0.4, 0.5) is 14.5 Å². The van der Waals surface area contributed by atoms with Crippen LogP contribution < -0.4 is 16.4 Å². The Bertz CT molecular complexity index is 938. The van der Waals surface area contributed by atoms with Crippen LogP contribution in [-0.4, -0.2) is 30.2 Å². The summed E-state index contributed by atoms with van der Waals surface area (Å²) >= 11 is 0. The van der Waals surface area contributed by atoms with E-state index in [1.54, 1.807) is 0 Å². The molecule has 7 heteroatoms. The van der Waals surface area contributed by atoms with E-state index in [0.717, 1.165) is 48.8 Å². The molecule has 32 heavy (non-hydrogen) atoms. The van der Waals surface area contributed by atoms with Gasteiger partial charge < -0.3 is 21.5 Å². The summed E-state index contributed by atoms with van der Waals surface area (Å²) in [6.45, 7) is 7.53. The Morgan fingerprint density at radius 1 is 1.19 bits per heavy atom. The summed E-state index contributed by atoms with van der Waals surface area (Å²) in [7, 11) is 0. The van der Waals surface area contributed by atoms with Crippen LogP contribution in [0, 0.1) is 23.0 Å². The molecule has 0 saturated carbocycles. The highest BCUT2D eigenvalue weighted by molar-refractivity contribution is 5.77. The van der Waals surface area contributed by atoms with Crippen LogP contribution in [0.5, 0.6) is 0 Å². The largest absolute Gasteiger partial charge is 0.391 e. The van der Waals surface area contributed by atoms with Gasteiger partial charge in [-0.15, -0.1) is 0 Å². The SMILES string of the molecule is CC(C)(C)Cc1ccc2c(c1)C(NCC(O)C(Cc1cc(F)cc(F)c1)C(N)=O)CCN2. The lowest BCUT2D eigenvalue weighted by Gasteiger charge is -2.30. The van der Waals surface area contributed by atoms with Crippen molar-refractivity contribution in [2.24, 2.45) is 17.1 Å². The molecule has 0 aromatic heterocycles. The number of rotatable bonds is 8. The smallest absolute Gasteiger partial charge is 0.223 e. The van der Waals surface area contributed by atoms with Crippen molar-refractivity contribution in [3.63, 3.8) is 0 Å². The minimum atomic E-state index is -1.09. The van der Waals surface area contributed by atoms with Gasteiger partial charge in [-0.3, -0.25) is 4.79 Å². The van der Waals surface area contributed by atoms with Crippen molar-refractivity contribution in [1.82, 2.24) is 5.32 Å². The Morgan fingerprint density at radius 2 is 1.88 bits per heavy atom. The molecule has 1 aliphatic heterocycles. The van der Waals surface area contributed by atoms with E-state index < -0.39 is 29.6 Å². The van der Waals surface area contributed by atoms with Crippen molar-refractivity contribution in [1.29, 1.82) is 0 Å². The molecule has 2 aromatic rings. The van der Waals surface area contributed by atoms with E-state index in [9.17, 15) is 18.7 Å². The van der Waals surface area contributed by atoms with Gasteiger partial charge in [0.15, 0.2) is 0 Å². The second kappa shape index (κ2) is 9.96. The predicted molar refractivity (Wildman–Crippen MR) is 122 cm³/mol. The second-order valence-corrected chi connectivity index (χ2v) is 9.89. The molecule has 2 aromatic carbocycles. The van der Waals surface area contributed by atoms with Crippen LogP contribution >= 0.6 is 0 Å². The highest BCUT2D eigenvalue weighted by Crippen LogP contribution is 2.32. The Labute approximate surface area is 188 Å². The van der Waals surface area contributed by atoms with Gasteiger partial charge >= 0.3 is 0 Å². The van der Waals surface area contributed by atoms with Crippen molar-refractivity contribution >= 4 is 11.6 Å². The number of fused-ring (bicyclic) bond motifs is 1. The predicted octanol–water partition coefficient (Wildman–Crippen LogP) is 3.70. The van der Waals surface area contributed by atoms with Crippen LogP contribution in [-0.2, 0) is 17.6 Å². The molecule has 1 amide bonds. The topological polar surface area (TPSA) is 87.4 Å². The van der Waals surface area contributed by atoms with Crippen molar-refractivity contribution < 1.29 is 18.7 Å². The van der Waals surface area contributed by atoms with Crippen LogP contribution in [0.25, 0.3) is 0 Å². The maximum absolute atomic E-state index is 13.5. The number of halogens is 2. The molecular formula is C25H33F2N3O2. The monoisotopic (exact) mass is 445 g/mol. The van der Waals surface area contributed by atoms with E-state index >= 15 is 0 Å². The number of carbonyl (C=O) groups is 1. The number of hydrogen-bond donors (Lipinski definition) is 4. The molecule has 3 atom stereocenters. The number of aliphatic hydroxyl groups excluding tert-OH is 1. The number of anilines is 1. The lowest BCUT2D eigenvalue weighted by Crippen LogP contribution is -2.42. The Balaban J connectivity index is 1.70. The van der Waals surface area contributed by atoms with Crippen LogP contribution in [0.3, 0.4) is 0 Å². The number of nitrogens with one attached hydrogen (secondary N) is 2. The van der Waals surface area contributed by atoms with Gasteiger partial charge in [-0.25, -0.2) is 8.78 Å². The highest BCUT2D eigenvalue weighted by atomic mass is 19.1. The van der Waals surface area contributed by atoms with E-state index in [1.165, 1.54) is 5.56 Å². The summed E-state index contributed by atoms with van der Waals surface area (Å²) in [5.41, 5.74) is 9.39. The first-order valence-corrected chi connectivity index (χ1v) is 11.0. The maximum Gasteiger partial charge on any atom is 0.223 e. The van der Waals surface area contributed by atoms with Crippen molar-refractivity contribution in [3.05, 3.63) is 64.7 Å². The normalized spacial score (nSPS) is 17.9. The molecule has 0 radical (unpaired) electrons. The van der Waals surface area contributed by atoms with E-state index in [-0.39, 0.29) is 30.0 Å². The Kier molecular flexibility index (Phi) is 7.51. The van der Waals surface area contributed by atoms with Crippen LogP contribution in [0.15, 0.2) is 36.4 Å². The minimum absolute atomic E-state index is 0.0148. The van der Waals surface area contributed by atoms with E-state index in [0.29, 0.717) is 0 Å². The van der Waals surface area contributed by atoms with Gasteiger partial charge in [0.2, 0.25) is 5.91 Å². The highest BCUT2D eigenvalue weighted by Gasteiger charge is 2.28. The molecule has 3 unspecified atom stereocenters. The number of carbonyl (C=O) groups excluding carboxylic acids is 1. The van der Waals surface area contributed by atoms with Crippen LogP contribution in [0.2, 0.25) is 0 Å². The van der Waals surface area contributed by atoms with Gasteiger partial charge in [-0.05, 0) is 59.6 Å². The zero-order valence-corrected chi connectivity index (χ0v) is 18.9. The summed E-state index contributed by atoms with van der Waals surface area (Å²) in [6.07, 6.45) is 0.652. The standard InChI is InChI=1S/C25H33F2N3O2/c1-25(2,3)13-15-4-5-21-19(10-15)22(6-7-29-21)30-14-23(31)20(24(28)32)11-16-8-17(26)12-18(27)9-16/h4-5,8-10,12,20,22-23,29-31H,6-7,11,13-14H2,1-3H3,(H2,28,32). The molecule has 0 aliphatic carbocycles. The summed E-state index contributed by atoms with van der Waals surface area (Å²) in [5, 5.41) is 17.5. The zero-order valence-electron chi connectivity index (χ0n) is 18.9. The summed E-state index contributed by atoms with van der Waals surface area (Å²) in [5.74, 6) is -3.12. The fourth-order valence-electron chi connectivity index (χ4n) is 4.32. The molecule has 1 aliphatic rings. The van der Waals surface area contributed by atoms with Gasteiger partial charge in [-0.1, -0.05) is 32.9 Å². The van der Waals surface area contributed by atoms with Gasteiger partial charge in [0.05, 0.1) is 12.0 Å². The fraction of sp³-hybridized carbons (Fsp3) is 0.480. The molecule has 174 valence electrons. The summed E-state index contributed by atoms with van der Waals surface area (Å²) < 4.78 is 27.0. The quantitative estimate of drug-likeness (QED) is 0.499. The third-order valence-corrected chi connectivity index (χ3v) is 5.76. The molecule has 0 fully saturated rings. The average Bonchev–Trinajstić information content (AvgIpc) is 2.68. The minimum Gasteiger partial charge on any atom is -0.391 e. The first-order chi connectivity index (χ1) is 15.0. The van der Waals surface area contributed by atoms with E-state index in [1.807, 2.05) is 0 Å². The molecule has 5 nitrogen and oxygen atoms in total. The summed E-state index contributed by atoms with van der Waals surface area (Å²) in [6, 6.07) is 9.50. The van der Waals surface area contributed by atoms with Crippen LogP contribution in [0.1, 0.15) is 49.9 Å². The molecule has 5 N–H and O–H groups in total. The average molecular weight is 446 g/mol. The molecule has 1 heterocycles. The first kappa shape index (κ1) is 24.1. The Hall–Kier alpha value is -2.51. The van der Waals surface area contributed by atoms with E-state index in [2.05, 4.69) is 49.6 Å². The van der Waals surface area contributed by atoms with Crippen molar-refractivity contribution in [2.45, 2.75) is 52.2 Å². The fourth-order valence-corrected chi connectivity index (χ4v) is 4.32. The number of benzene rings is 2. The molecular weight excluding hydrogens is 412 g/mol. The van der Waals surface area contributed by atoms with Gasteiger partial charge in [0, 0.05) is 30.9 Å². The number of amides is 1. The zero-order chi connectivity index (χ0) is 23.5. The molecule has 3 rings (SSSR count). The summed E-state index contributed by atoms with van der Waals surface area (Å²) in [4.78, 5) is 12.0. The number of aliphatic hydroxyl groups is 1. The number of primary amides is 1. The number of nitrogens with two attached hydrogens (primary N) is 1. The lowest BCUT2D eigenvalue weighted by molar-refractivity contribution is -0.125. The van der Waals surface area contributed by atoms with Gasteiger partial charge in [-0.2, -0.15) is 0 Å². The number of hydrogen-bond acceptors (Lipinski definition) is 4. The molecule has 0 bridgehead atoms. The molecule has 0 saturated heterocycles. The van der Waals surface area contributed by atoms with Gasteiger partial charge in [0.25, 0.3) is 0 Å². The second-order valence-electron chi connectivity index (χ2n) is 9.89.